The molecule has 2 rings (SSSR count). The quantitative estimate of drug-likeness (QED) is 0.896. The van der Waals surface area contributed by atoms with Gasteiger partial charge in [-0.3, -0.25) is 9.97 Å². The first-order chi connectivity index (χ1) is 8.72. The van der Waals surface area contributed by atoms with Gasteiger partial charge in [0.25, 0.3) is 0 Å². The van der Waals surface area contributed by atoms with Gasteiger partial charge in [0.1, 0.15) is 11.9 Å². The minimum Gasteiger partial charge on any atom is -0.492 e. The molecule has 4 nitrogen and oxygen atoms in total. The van der Waals surface area contributed by atoms with Crippen molar-refractivity contribution in [3.63, 3.8) is 0 Å². The Morgan fingerprint density at radius 3 is 2.83 bits per heavy atom. The van der Waals surface area contributed by atoms with Crippen molar-refractivity contribution < 1.29 is 9.84 Å². The van der Waals surface area contributed by atoms with Crippen LogP contribution in [0.25, 0.3) is 0 Å². The molecule has 0 fully saturated rings. The SMILES string of the molecule is CCOc1cncc(C(O)c2ccncc2C)c1. The fourth-order valence-corrected chi connectivity index (χ4v) is 1.80. The maximum Gasteiger partial charge on any atom is 0.137 e. The molecule has 2 aromatic rings. The predicted molar refractivity (Wildman–Crippen MR) is 68.4 cm³/mol. The van der Waals surface area contributed by atoms with Crippen LogP contribution in [0.1, 0.15) is 29.7 Å². The Morgan fingerprint density at radius 1 is 1.28 bits per heavy atom. The molecular weight excluding hydrogens is 228 g/mol. The van der Waals surface area contributed by atoms with Gasteiger partial charge >= 0.3 is 0 Å². The maximum atomic E-state index is 10.3. The zero-order valence-corrected chi connectivity index (χ0v) is 10.5. The lowest BCUT2D eigenvalue weighted by Crippen LogP contribution is -2.03. The molecular formula is C14H16N2O2. The number of aromatic nitrogens is 2. The van der Waals surface area contributed by atoms with E-state index in [1.54, 1.807) is 30.9 Å². The Balaban J connectivity index is 2.31. The summed E-state index contributed by atoms with van der Waals surface area (Å²) in [6.07, 6.45) is 5.98. The first-order valence-electron chi connectivity index (χ1n) is 5.88. The number of pyridine rings is 2. The second-order valence-corrected chi connectivity index (χ2v) is 4.02. The fourth-order valence-electron chi connectivity index (χ4n) is 1.80. The highest BCUT2D eigenvalue weighted by Gasteiger charge is 2.13. The number of rotatable bonds is 4. The van der Waals surface area contributed by atoms with E-state index in [4.69, 9.17) is 4.74 Å². The van der Waals surface area contributed by atoms with E-state index < -0.39 is 6.10 Å². The van der Waals surface area contributed by atoms with Crippen molar-refractivity contribution in [2.45, 2.75) is 20.0 Å². The number of hydrogen-bond donors (Lipinski definition) is 1. The Kier molecular flexibility index (Phi) is 3.89. The summed E-state index contributed by atoms with van der Waals surface area (Å²) >= 11 is 0. The minimum absolute atomic E-state index is 0.579. The van der Waals surface area contributed by atoms with Crippen molar-refractivity contribution >= 4 is 0 Å². The van der Waals surface area contributed by atoms with E-state index in [9.17, 15) is 5.11 Å². The molecule has 94 valence electrons. The van der Waals surface area contributed by atoms with Gasteiger partial charge in [0.05, 0.1) is 12.8 Å². The molecule has 0 saturated heterocycles. The zero-order valence-electron chi connectivity index (χ0n) is 10.5. The molecule has 0 amide bonds. The Bertz CT molecular complexity index is 529. The van der Waals surface area contributed by atoms with Crippen LogP contribution in [0.3, 0.4) is 0 Å². The summed E-state index contributed by atoms with van der Waals surface area (Å²) in [7, 11) is 0. The highest BCUT2D eigenvalue weighted by Crippen LogP contribution is 2.25. The monoisotopic (exact) mass is 244 g/mol. The van der Waals surface area contributed by atoms with E-state index in [1.165, 1.54) is 0 Å². The number of nitrogens with zero attached hydrogens (tertiary/aromatic N) is 2. The molecule has 4 heteroatoms. The lowest BCUT2D eigenvalue weighted by molar-refractivity contribution is 0.218. The third kappa shape index (κ3) is 2.65. The van der Waals surface area contributed by atoms with E-state index in [-0.39, 0.29) is 0 Å². The summed E-state index contributed by atoms with van der Waals surface area (Å²) in [4.78, 5) is 8.10. The van der Waals surface area contributed by atoms with Crippen molar-refractivity contribution in [2.24, 2.45) is 0 Å². The maximum absolute atomic E-state index is 10.3. The molecule has 0 aliphatic heterocycles. The number of hydrogen-bond acceptors (Lipinski definition) is 4. The molecule has 0 aliphatic carbocycles. The highest BCUT2D eigenvalue weighted by atomic mass is 16.5. The summed E-state index contributed by atoms with van der Waals surface area (Å²) in [6, 6.07) is 3.62. The average molecular weight is 244 g/mol. The van der Waals surface area contributed by atoms with Crippen LogP contribution in [0.5, 0.6) is 5.75 Å². The molecule has 1 atom stereocenters. The molecule has 18 heavy (non-hydrogen) atoms. The Hall–Kier alpha value is -1.94. The van der Waals surface area contributed by atoms with E-state index in [0.717, 1.165) is 16.7 Å². The lowest BCUT2D eigenvalue weighted by atomic mass is 10.0. The van der Waals surface area contributed by atoms with Gasteiger partial charge in [0, 0.05) is 24.2 Å². The lowest BCUT2D eigenvalue weighted by Gasteiger charge is -2.14. The van der Waals surface area contributed by atoms with Crippen molar-refractivity contribution in [1.82, 2.24) is 9.97 Å². The summed E-state index contributed by atoms with van der Waals surface area (Å²) in [5.74, 6) is 0.667. The van der Waals surface area contributed by atoms with Crippen LogP contribution < -0.4 is 4.74 Å². The first kappa shape index (κ1) is 12.5. The van der Waals surface area contributed by atoms with Crippen molar-refractivity contribution in [3.05, 3.63) is 53.6 Å². The first-order valence-corrected chi connectivity index (χ1v) is 5.88. The van der Waals surface area contributed by atoms with Crippen molar-refractivity contribution in [1.29, 1.82) is 0 Å². The van der Waals surface area contributed by atoms with Gasteiger partial charge < -0.3 is 9.84 Å². The van der Waals surface area contributed by atoms with Gasteiger partial charge in [-0.1, -0.05) is 0 Å². The largest absolute Gasteiger partial charge is 0.492 e. The second kappa shape index (κ2) is 5.60. The van der Waals surface area contributed by atoms with Crippen LogP contribution in [0.4, 0.5) is 0 Å². The van der Waals surface area contributed by atoms with Crippen LogP contribution >= 0.6 is 0 Å². The van der Waals surface area contributed by atoms with E-state index in [1.807, 2.05) is 19.9 Å². The number of aliphatic hydroxyl groups is 1. The van der Waals surface area contributed by atoms with Gasteiger partial charge in [-0.2, -0.15) is 0 Å². The fraction of sp³-hybridized carbons (Fsp3) is 0.286. The standard InChI is InChI=1S/C14H16N2O2/c1-3-18-12-6-11(8-16-9-12)14(17)13-4-5-15-7-10(13)2/h4-9,14,17H,3H2,1-2H3. The van der Waals surface area contributed by atoms with Crippen LogP contribution in [0.15, 0.2) is 36.9 Å². The highest BCUT2D eigenvalue weighted by molar-refractivity contribution is 5.34. The normalized spacial score (nSPS) is 12.2. The van der Waals surface area contributed by atoms with Gasteiger partial charge in [-0.25, -0.2) is 0 Å². The molecule has 1 unspecified atom stereocenters. The molecule has 0 spiro atoms. The third-order valence-corrected chi connectivity index (χ3v) is 2.72. The van der Waals surface area contributed by atoms with Gasteiger partial charge in [0.15, 0.2) is 0 Å². The molecule has 2 heterocycles. The summed E-state index contributed by atoms with van der Waals surface area (Å²) < 4.78 is 5.38. The Labute approximate surface area is 106 Å². The minimum atomic E-state index is -0.707. The summed E-state index contributed by atoms with van der Waals surface area (Å²) in [5, 5.41) is 10.3. The van der Waals surface area contributed by atoms with E-state index in [2.05, 4.69) is 9.97 Å². The molecule has 0 radical (unpaired) electrons. The molecule has 0 aliphatic rings. The summed E-state index contributed by atoms with van der Waals surface area (Å²) in [6.45, 7) is 4.41. The Morgan fingerprint density at radius 2 is 2.11 bits per heavy atom. The van der Waals surface area contributed by atoms with Crippen LogP contribution in [0.2, 0.25) is 0 Å². The van der Waals surface area contributed by atoms with Crippen molar-refractivity contribution in [2.75, 3.05) is 6.61 Å². The zero-order chi connectivity index (χ0) is 13.0. The average Bonchev–Trinajstić information content (AvgIpc) is 2.39. The van der Waals surface area contributed by atoms with Crippen LogP contribution in [0, 0.1) is 6.92 Å². The summed E-state index contributed by atoms with van der Waals surface area (Å²) in [5.41, 5.74) is 2.50. The smallest absolute Gasteiger partial charge is 0.137 e. The van der Waals surface area contributed by atoms with Gasteiger partial charge in [-0.15, -0.1) is 0 Å². The molecule has 1 N–H and O–H groups in total. The molecule has 0 saturated carbocycles. The molecule has 0 aromatic carbocycles. The predicted octanol–water partition coefficient (Wildman–Crippen LogP) is 2.27. The van der Waals surface area contributed by atoms with Gasteiger partial charge in [-0.05, 0) is 37.1 Å². The molecule has 2 aromatic heterocycles. The van der Waals surface area contributed by atoms with Crippen molar-refractivity contribution in [3.8, 4) is 5.75 Å². The topological polar surface area (TPSA) is 55.2 Å². The van der Waals surface area contributed by atoms with E-state index in [0.29, 0.717) is 12.4 Å². The number of aryl methyl sites for hydroxylation is 1. The number of aliphatic hydroxyl groups excluding tert-OH is 1. The van der Waals surface area contributed by atoms with Crippen LogP contribution in [-0.2, 0) is 0 Å². The van der Waals surface area contributed by atoms with Crippen LogP contribution in [-0.4, -0.2) is 21.7 Å². The third-order valence-electron chi connectivity index (χ3n) is 2.72. The number of ether oxygens (including phenoxy) is 1. The second-order valence-electron chi connectivity index (χ2n) is 4.02. The van der Waals surface area contributed by atoms with E-state index >= 15 is 0 Å². The molecule has 0 bridgehead atoms. The van der Waals surface area contributed by atoms with Gasteiger partial charge in [0.2, 0.25) is 0 Å².